The second kappa shape index (κ2) is 11.0. The van der Waals surface area contributed by atoms with E-state index in [1.165, 1.54) is 35.6 Å². The molecule has 30 heavy (non-hydrogen) atoms. The summed E-state index contributed by atoms with van der Waals surface area (Å²) in [6.45, 7) is 2.36. The third kappa shape index (κ3) is 5.65. The Morgan fingerprint density at radius 1 is 1.07 bits per heavy atom. The van der Waals surface area contributed by atoms with Gasteiger partial charge < -0.3 is 15.5 Å². The molecule has 0 radical (unpaired) electrons. The summed E-state index contributed by atoms with van der Waals surface area (Å²) < 4.78 is 0. The van der Waals surface area contributed by atoms with Crippen LogP contribution in [0.25, 0.3) is 10.8 Å². The molecule has 0 spiro atoms. The maximum absolute atomic E-state index is 12.8. The molecule has 2 fully saturated rings. The SMILES string of the molecule is CN=C(NCc1ccc2ccccc2c1)NC1CCN(C(=O)C2CCCCC2)C1.I. The fourth-order valence-corrected chi connectivity index (χ4v) is 4.61. The third-order valence-corrected chi connectivity index (χ3v) is 6.29. The number of guanidine groups is 1. The van der Waals surface area contributed by atoms with Crippen LogP contribution in [0.3, 0.4) is 0 Å². The summed E-state index contributed by atoms with van der Waals surface area (Å²) in [5.74, 6) is 1.43. The summed E-state index contributed by atoms with van der Waals surface area (Å²) >= 11 is 0. The van der Waals surface area contributed by atoms with E-state index < -0.39 is 0 Å². The van der Waals surface area contributed by atoms with E-state index >= 15 is 0 Å². The van der Waals surface area contributed by atoms with Crippen molar-refractivity contribution < 1.29 is 4.79 Å². The van der Waals surface area contributed by atoms with Crippen LogP contribution in [-0.2, 0) is 11.3 Å². The number of carbonyl (C=O) groups excluding carboxylic acids is 1. The first-order valence-corrected chi connectivity index (χ1v) is 11.0. The molecular formula is C24H33IN4O. The molecule has 1 aliphatic carbocycles. The Bertz CT molecular complexity index is 878. The highest BCUT2D eigenvalue weighted by Crippen LogP contribution is 2.26. The van der Waals surface area contributed by atoms with Gasteiger partial charge in [0.1, 0.15) is 0 Å². The van der Waals surface area contributed by atoms with Gasteiger partial charge in [0.15, 0.2) is 5.96 Å². The summed E-state index contributed by atoms with van der Waals surface area (Å²) in [5.41, 5.74) is 1.23. The lowest BCUT2D eigenvalue weighted by Gasteiger charge is -2.26. The molecule has 2 aliphatic rings. The van der Waals surface area contributed by atoms with Crippen molar-refractivity contribution >= 4 is 46.6 Å². The van der Waals surface area contributed by atoms with Crippen molar-refractivity contribution in [3.8, 4) is 0 Å². The first-order valence-electron chi connectivity index (χ1n) is 11.0. The van der Waals surface area contributed by atoms with Crippen molar-refractivity contribution in [3.05, 3.63) is 48.0 Å². The average Bonchev–Trinajstić information content (AvgIpc) is 3.25. The van der Waals surface area contributed by atoms with Crippen LogP contribution in [0.2, 0.25) is 0 Å². The molecule has 0 bridgehead atoms. The molecule has 2 aromatic carbocycles. The number of likely N-dealkylation sites (tertiary alicyclic amines) is 1. The Kier molecular flexibility index (Phi) is 8.36. The first-order chi connectivity index (χ1) is 14.2. The molecule has 1 aliphatic heterocycles. The summed E-state index contributed by atoms with van der Waals surface area (Å²) in [5, 5.41) is 9.44. The number of carbonyl (C=O) groups is 1. The van der Waals surface area contributed by atoms with Gasteiger partial charge in [-0.2, -0.15) is 0 Å². The predicted octanol–water partition coefficient (Wildman–Crippen LogP) is 4.30. The largest absolute Gasteiger partial charge is 0.352 e. The molecule has 0 aromatic heterocycles. The quantitative estimate of drug-likeness (QED) is 0.359. The van der Waals surface area contributed by atoms with Gasteiger partial charge in [-0.25, -0.2) is 0 Å². The molecule has 4 rings (SSSR count). The Balaban J connectivity index is 0.00000256. The number of amides is 1. The number of fused-ring (bicyclic) bond motifs is 1. The lowest BCUT2D eigenvalue weighted by molar-refractivity contribution is -0.135. The Morgan fingerprint density at radius 2 is 1.83 bits per heavy atom. The highest BCUT2D eigenvalue weighted by atomic mass is 127. The summed E-state index contributed by atoms with van der Waals surface area (Å²) in [6, 6.07) is 15.2. The molecule has 1 unspecified atom stereocenters. The van der Waals surface area contributed by atoms with Crippen molar-refractivity contribution in [1.82, 2.24) is 15.5 Å². The van der Waals surface area contributed by atoms with Crippen molar-refractivity contribution in [2.45, 2.75) is 51.1 Å². The molecule has 6 heteroatoms. The number of benzene rings is 2. The zero-order chi connectivity index (χ0) is 20.1. The van der Waals surface area contributed by atoms with Gasteiger partial charge in [0.05, 0.1) is 0 Å². The van der Waals surface area contributed by atoms with E-state index in [4.69, 9.17) is 0 Å². The molecule has 1 saturated carbocycles. The first kappa shape index (κ1) is 22.8. The minimum absolute atomic E-state index is 0. The number of halogens is 1. The topological polar surface area (TPSA) is 56.7 Å². The van der Waals surface area contributed by atoms with Crippen LogP contribution >= 0.6 is 24.0 Å². The maximum Gasteiger partial charge on any atom is 0.225 e. The van der Waals surface area contributed by atoms with Gasteiger partial charge >= 0.3 is 0 Å². The lowest BCUT2D eigenvalue weighted by atomic mass is 9.88. The molecule has 1 saturated heterocycles. The monoisotopic (exact) mass is 520 g/mol. The second-order valence-corrected chi connectivity index (χ2v) is 8.36. The fourth-order valence-electron chi connectivity index (χ4n) is 4.61. The highest BCUT2D eigenvalue weighted by molar-refractivity contribution is 14.0. The van der Waals surface area contributed by atoms with Gasteiger partial charge in [-0.1, -0.05) is 55.7 Å². The standard InChI is InChI=1S/C24H32N4O.HI/c1-25-24(26-16-18-11-12-19-7-5-6-10-21(19)15-18)27-22-13-14-28(17-22)23(29)20-8-3-2-4-9-20;/h5-7,10-12,15,20,22H,2-4,8-9,13-14,16-17H2,1H3,(H2,25,26,27);1H. The normalized spacial score (nSPS) is 20.1. The Morgan fingerprint density at radius 3 is 2.60 bits per heavy atom. The van der Waals surface area contributed by atoms with Gasteiger partial charge in [0, 0.05) is 38.6 Å². The molecule has 1 amide bonds. The zero-order valence-corrected chi connectivity index (χ0v) is 20.1. The van der Waals surface area contributed by atoms with E-state index in [-0.39, 0.29) is 35.9 Å². The number of nitrogens with zero attached hydrogens (tertiary/aromatic N) is 2. The van der Waals surface area contributed by atoms with Crippen LogP contribution in [-0.4, -0.2) is 42.9 Å². The Labute approximate surface area is 196 Å². The van der Waals surface area contributed by atoms with Crippen LogP contribution in [0.1, 0.15) is 44.1 Å². The van der Waals surface area contributed by atoms with Crippen LogP contribution in [0.15, 0.2) is 47.5 Å². The van der Waals surface area contributed by atoms with Crippen molar-refractivity contribution in [3.63, 3.8) is 0 Å². The maximum atomic E-state index is 12.8. The minimum Gasteiger partial charge on any atom is -0.352 e. The Hall–Kier alpha value is -1.83. The van der Waals surface area contributed by atoms with Crippen molar-refractivity contribution in [1.29, 1.82) is 0 Å². The van der Waals surface area contributed by atoms with E-state index in [2.05, 4.69) is 63.0 Å². The highest BCUT2D eigenvalue weighted by Gasteiger charge is 2.31. The van der Waals surface area contributed by atoms with Crippen LogP contribution in [0.4, 0.5) is 0 Å². The fraction of sp³-hybridized carbons (Fsp3) is 0.500. The lowest BCUT2D eigenvalue weighted by Crippen LogP contribution is -2.45. The zero-order valence-electron chi connectivity index (χ0n) is 17.8. The smallest absolute Gasteiger partial charge is 0.225 e. The van der Waals surface area contributed by atoms with Gasteiger partial charge in [-0.05, 0) is 41.7 Å². The number of rotatable bonds is 4. The van der Waals surface area contributed by atoms with Gasteiger partial charge in [-0.15, -0.1) is 24.0 Å². The summed E-state index contributed by atoms with van der Waals surface area (Å²) in [4.78, 5) is 19.2. The van der Waals surface area contributed by atoms with E-state index in [0.717, 1.165) is 44.9 Å². The molecule has 1 atom stereocenters. The van der Waals surface area contributed by atoms with Crippen LogP contribution < -0.4 is 10.6 Å². The molecular weight excluding hydrogens is 487 g/mol. The summed E-state index contributed by atoms with van der Waals surface area (Å²) in [7, 11) is 1.80. The molecule has 2 aromatic rings. The predicted molar refractivity (Wildman–Crippen MR) is 134 cm³/mol. The average molecular weight is 520 g/mol. The van der Waals surface area contributed by atoms with E-state index in [0.29, 0.717) is 5.91 Å². The number of aliphatic imine (C=N–C) groups is 1. The summed E-state index contributed by atoms with van der Waals surface area (Å²) in [6.07, 6.45) is 6.82. The molecule has 2 N–H and O–H groups in total. The van der Waals surface area contributed by atoms with Gasteiger partial charge in [-0.3, -0.25) is 9.79 Å². The number of nitrogens with one attached hydrogen (secondary N) is 2. The van der Waals surface area contributed by atoms with Crippen molar-refractivity contribution in [2.75, 3.05) is 20.1 Å². The van der Waals surface area contributed by atoms with Gasteiger partial charge in [0.2, 0.25) is 5.91 Å². The van der Waals surface area contributed by atoms with Gasteiger partial charge in [0.25, 0.3) is 0 Å². The van der Waals surface area contributed by atoms with E-state index in [1.54, 1.807) is 7.05 Å². The van der Waals surface area contributed by atoms with E-state index in [9.17, 15) is 4.79 Å². The van der Waals surface area contributed by atoms with Crippen molar-refractivity contribution in [2.24, 2.45) is 10.9 Å². The number of hydrogen-bond donors (Lipinski definition) is 2. The van der Waals surface area contributed by atoms with Crippen LogP contribution in [0.5, 0.6) is 0 Å². The molecule has 162 valence electrons. The third-order valence-electron chi connectivity index (χ3n) is 6.29. The van der Waals surface area contributed by atoms with Crippen LogP contribution in [0, 0.1) is 5.92 Å². The number of hydrogen-bond acceptors (Lipinski definition) is 2. The van der Waals surface area contributed by atoms with E-state index in [1.807, 2.05) is 0 Å². The molecule has 1 heterocycles. The minimum atomic E-state index is 0. The molecule has 5 nitrogen and oxygen atoms in total. The second-order valence-electron chi connectivity index (χ2n) is 8.36.